The molecule has 0 radical (unpaired) electrons. The molecular formula is C25H23N5O5. The van der Waals surface area contributed by atoms with Crippen molar-refractivity contribution in [2.45, 2.75) is 25.4 Å². The second-order valence-electron chi connectivity index (χ2n) is 8.21. The Morgan fingerprint density at radius 3 is 2.40 bits per heavy atom. The number of aromatic nitrogens is 4. The molecule has 1 fully saturated rings. The van der Waals surface area contributed by atoms with Crippen LogP contribution in [0.2, 0.25) is 0 Å². The van der Waals surface area contributed by atoms with Gasteiger partial charge in [-0.2, -0.15) is 0 Å². The van der Waals surface area contributed by atoms with E-state index in [9.17, 15) is 14.7 Å². The van der Waals surface area contributed by atoms with E-state index in [-0.39, 0.29) is 24.2 Å². The number of imidazole rings is 1. The summed E-state index contributed by atoms with van der Waals surface area (Å²) < 4.78 is 13.5. The first kappa shape index (κ1) is 22.6. The van der Waals surface area contributed by atoms with Crippen LogP contribution < -0.4 is 5.32 Å². The van der Waals surface area contributed by atoms with Crippen molar-refractivity contribution in [1.82, 2.24) is 19.5 Å². The molecular weight excluding hydrogens is 450 g/mol. The number of hydrogen-bond acceptors (Lipinski definition) is 8. The summed E-state index contributed by atoms with van der Waals surface area (Å²) in [7, 11) is 0. The molecule has 5 rings (SSSR count). The number of esters is 1. The van der Waals surface area contributed by atoms with Gasteiger partial charge in [0.25, 0.3) is 5.91 Å². The largest absolute Gasteiger partial charge is 0.454 e. The highest BCUT2D eigenvalue weighted by Gasteiger charge is 2.46. The molecule has 4 atom stereocenters. The van der Waals surface area contributed by atoms with E-state index >= 15 is 0 Å². The quantitative estimate of drug-likeness (QED) is 0.409. The van der Waals surface area contributed by atoms with Crippen molar-refractivity contribution in [1.29, 1.82) is 0 Å². The minimum absolute atomic E-state index is 0.239. The summed E-state index contributed by atoms with van der Waals surface area (Å²) in [6.07, 6.45) is 0.763. The van der Waals surface area contributed by atoms with E-state index in [1.165, 1.54) is 12.7 Å². The molecule has 10 heteroatoms. The van der Waals surface area contributed by atoms with Crippen LogP contribution in [0.4, 0.5) is 5.82 Å². The number of aliphatic hydroxyl groups excluding tert-OH is 1. The summed E-state index contributed by atoms with van der Waals surface area (Å²) in [5.41, 5.74) is 1.63. The lowest BCUT2D eigenvalue weighted by molar-refractivity contribution is -0.0563. The van der Waals surface area contributed by atoms with Gasteiger partial charge in [-0.3, -0.25) is 9.36 Å². The molecule has 2 N–H and O–H groups in total. The molecule has 1 saturated heterocycles. The lowest BCUT2D eigenvalue weighted by Crippen LogP contribution is -2.31. The van der Waals surface area contributed by atoms with Crippen molar-refractivity contribution >= 4 is 28.9 Å². The number of hydrogen-bond donors (Lipinski definition) is 2. The number of anilines is 1. The molecule has 0 aliphatic carbocycles. The molecule has 178 valence electrons. The molecule has 0 spiro atoms. The first-order valence-electron chi connectivity index (χ1n) is 11.1. The number of nitrogens with one attached hydrogen (secondary N) is 1. The zero-order valence-electron chi connectivity index (χ0n) is 18.8. The van der Waals surface area contributed by atoms with E-state index in [0.29, 0.717) is 22.3 Å². The van der Waals surface area contributed by atoms with Crippen LogP contribution >= 0.6 is 0 Å². The summed E-state index contributed by atoms with van der Waals surface area (Å²) in [4.78, 5) is 38.3. The molecule has 10 nitrogen and oxygen atoms in total. The van der Waals surface area contributed by atoms with Crippen molar-refractivity contribution in [3.8, 4) is 0 Å². The van der Waals surface area contributed by atoms with Gasteiger partial charge in [-0.1, -0.05) is 43.3 Å². The fourth-order valence-electron chi connectivity index (χ4n) is 4.12. The first-order valence-corrected chi connectivity index (χ1v) is 11.1. The van der Waals surface area contributed by atoms with Crippen LogP contribution in [-0.4, -0.2) is 55.3 Å². The summed E-state index contributed by atoms with van der Waals surface area (Å²) in [5.74, 6) is -0.884. The molecule has 1 aliphatic rings. The average molecular weight is 473 g/mol. The second-order valence-corrected chi connectivity index (χ2v) is 8.21. The van der Waals surface area contributed by atoms with Gasteiger partial charge in [0, 0.05) is 11.5 Å². The van der Waals surface area contributed by atoms with E-state index in [1.807, 2.05) is 19.1 Å². The van der Waals surface area contributed by atoms with Crippen LogP contribution in [-0.2, 0) is 9.47 Å². The highest BCUT2D eigenvalue weighted by Crippen LogP contribution is 2.38. The molecule has 0 saturated carbocycles. The summed E-state index contributed by atoms with van der Waals surface area (Å²) in [6.45, 7) is 1.61. The van der Waals surface area contributed by atoms with Crippen LogP contribution in [0.5, 0.6) is 0 Å². The van der Waals surface area contributed by atoms with Crippen molar-refractivity contribution in [3.63, 3.8) is 0 Å². The van der Waals surface area contributed by atoms with Gasteiger partial charge in [-0.05, 0) is 24.3 Å². The lowest BCUT2D eigenvalue weighted by atomic mass is 10.0. The number of aliphatic hydroxyl groups is 1. The molecule has 35 heavy (non-hydrogen) atoms. The van der Waals surface area contributed by atoms with E-state index in [4.69, 9.17) is 9.47 Å². The maximum absolute atomic E-state index is 12.8. The van der Waals surface area contributed by atoms with E-state index in [2.05, 4.69) is 20.3 Å². The van der Waals surface area contributed by atoms with Crippen LogP contribution in [0.15, 0.2) is 73.3 Å². The van der Waals surface area contributed by atoms with Gasteiger partial charge in [0.05, 0.1) is 24.6 Å². The molecule has 4 aromatic rings. The van der Waals surface area contributed by atoms with Crippen LogP contribution in [0.3, 0.4) is 0 Å². The van der Waals surface area contributed by atoms with Gasteiger partial charge < -0.3 is 19.9 Å². The molecule has 0 bridgehead atoms. The minimum atomic E-state index is -0.785. The van der Waals surface area contributed by atoms with Crippen molar-refractivity contribution < 1.29 is 24.2 Å². The number of fused-ring (bicyclic) bond motifs is 1. The van der Waals surface area contributed by atoms with Gasteiger partial charge in [0.1, 0.15) is 6.33 Å². The van der Waals surface area contributed by atoms with Gasteiger partial charge in [-0.25, -0.2) is 19.7 Å². The van der Waals surface area contributed by atoms with E-state index in [1.54, 1.807) is 53.1 Å². The maximum atomic E-state index is 12.8. The second kappa shape index (κ2) is 9.61. The predicted molar refractivity (Wildman–Crippen MR) is 126 cm³/mol. The molecule has 0 unspecified atom stereocenters. The first-order chi connectivity index (χ1) is 17.1. The van der Waals surface area contributed by atoms with Crippen LogP contribution in [0.1, 0.15) is 33.9 Å². The van der Waals surface area contributed by atoms with Crippen molar-refractivity contribution in [3.05, 3.63) is 84.4 Å². The smallest absolute Gasteiger partial charge is 0.338 e. The summed E-state index contributed by atoms with van der Waals surface area (Å²) in [6, 6.07) is 17.4. The Kier molecular flexibility index (Phi) is 6.21. The SMILES string of the molecule is C[C@@H]1[C@H](OC(=O)c2ccccc2)[C@H](n2cnc3c(NC(=O)c4ccccc4)ncnc32)O[C@@H]1CO. The number of nitrogens with zero attached hydrogens (tertiary/aromatic N) is 4. The predicted octanol–water partition coefficient (Wildman–Crippen LogP) is 2.83. The normalized spacial score (nSPS) is 21.7. The zero-order chi connectivity index (χ0) is 24.4. The molecule has 2 aromatic carbocycles. The molecule has 1 amide bonds. The third-order valence-electron chi connectivity index (χ3n) is 6.03. The van der Waals surface area contributed by atoms with Crippen molar-refractivity contribution in [2.75, 3.05) is 11.9 Å². The van der Waals surface area contributed by atoms with Gasteiger partial charge in [-0.15, -0.1) is 0 Å². The molecule has 2 aromatic heterocycles. The van der Waals surface area contributed by atoms with Gasteiger partial charge in [0.2, 0.25) is 0 Å². The standard InChI is InChI=1S/C25H23N5O5/c1-15-18(12-31)34-24(20(15)35-25(33)17-10-6-3-7-11-17)30-14-28-19-21(26-13-27-22(19)30)29-23(32)16-8-4-2-5-9-16/h2-11,13-15,18,20,24,31H,12H2,1H3,(H,26,27,29,32)/t15-,18+,20-,24+/m0/s1. The Balaban J connectivity index is 1.45. The fraction of sp³-hybridized carbons (Fsp3) is 0.240. The highest BCUT2D eigenvalue weighted by molar-refractivity contribution is 6.06. The lowest BCUT2D eigenvalue weighted by Gasteiger charge is -2.22. The fourth-order valence-corrected chi connectivity index (χ4v) is 4.12. The van der Waals surface area contributed by atoms with Gasteiger partial charge >= 0.3 is 5.97 Å². The summed E-state index contributed by atoms with van der Waals surface area (Å²) >= 11 is 0. The topological polar surface area (TPSA) is 128 Å². The Labute approximate surface area is 200 Å². The summed E-state index contributed by atoms with van der Waals surface area (Å²) in [5, 5.41) is 12.6. The zero-order valence-corrected chi connectivity index (χ0v) is 18.8. The average Bonchev–Trinajstić information content (AvgIpc) is 3.46. The van der Waals surface area contributed by atoms with E-state index < -0.39 is 24.4 Å². The third kappa shape index (κ3) is 4.36. The van der Waals surface area contributed by atoms with E-state index in [0.717, 1.165) is 0 Å². The highest BCUT2D eigenvalue weighted by atomic mass is 16.6. The third-order valence-corrected chi connectivity index (χ3v) is 6.03. The number of amides is 1. The monoisotopic (exact) mass is 473 g/mol. The number of rotatable bonds is 6. The molecule has 1 aliphatic heterocycles. The Bertz CT molecular complexity index is 1340. The number of carbonyl (C=O) groups excluding carboxylic acids is 2. The maximum Gasteiger partial charge on any atom is 0.338 e. The van der Waals surface area contributed by atoms with Crippen molar-refractivity contribution in [2.24, 2.45) is 5.92 Å². The van der Waals surface area contributed by atoms with Crippen LogP contribution in [0.25, 0.3) is 11.2 Å². The Morgan fingerprint density at radius 1 is 1.03 bits per heavy atom. The number of benzene rings is 2. The number of carbonyl (C=O) groups is 2. The Hall–Kier alpha value is -4.15. The number of ether oxygens (including phenoxy) is 2. The minimum Gasteiger partial charge on any atom is -0.454 e. The van der Waals surface area contributed by atoms with Crippen LogP contribution in [0, 0.1) is 5.92 Å². The molecule has 3 heterocycles. The Morgan fingerprint density at radius 2 is 1.71 bits per heavy atom. The van der Waals surface area contributed by atoms with Gasteiger partial charge in [0.15, 0.2) is 29.3 Å².